The quantitative estimate of drug-likeness (QED) is 0.535. The molecule has 0 N–H and O–H groups in total. The highest BCUT2D eigenvalue weighted by Gasteiger charge is 2.29. The molecule has 3 aromatic rings. The summed E-state index contributed by atoms with van der Waals surface area (Å²) >= 11 is 0. The van der Waals surface area contributed by atoms with Crippen LogP contribution >= 0.6 is 0 Å². The van der Waals surface area contributed by atoms with Crippen molar-refractivity contribution in [2.24, 2.45) is 0 Å². The van der Waals surface area contributed by atoms with Crippen LogP contribution in [0, 0.1) is 0 Å². The van der Waals surface area contributed by atoms with Gasteiger partial charge < -0.3 is 4.74 Å². The van der Waals surface area contributed by atoms with Crippen LogP contribution in [0.25, 0.3) is 11.1 Å². The van der Waals surface area contributed by atoms with E-state index in [-0.39, 0.29) is 5.97 Å². The fourth-order valence-electron chi connectivity index (χ4n) is 4.68. The summed E-state index contributed by atoms with van der Waals surface area (Å²) in [6, 6.07) is 21.4. The number of hydrogen-bond donors (Lipinski definition) is 0. The van der Waals surface area contributed by atoms with E-state index in [1.165, 1.54) is 29.4 Å². The van der Waals surface area contributed by atoms with Crippen LogP contribution in [0.5, 0.6) is 0 Å². The van der Waals surface area contributed by atoms with Gasteiger partial charge >= 0.3 is 5.97 Å². The molecular weight excluding hydrogens is 398 g/mol. The molecule has 32 heavy (non-hydrogen) atoms. The zero-order valence-corrected chi connectivity index (χ0v) is 19.1. The van der Waals surface area contributed by atoms with Crippen molar-refractivity contribution >= 4 is 5.97 Å². The first-order valence-electron chi connectivity index (χ1n) is 11.2. The number of carbonyl (C=O) groups excluding carboxylic acids is 1. The highest BCUT2D eigenvalue weighted by atomic mass is 16.5. The summed E-state index contributed by atoms with van der Waals surface area (Å²) in [7, 11) is 1.41. The van der Waals surface area contributed by atoms with Crippen LogP contribution in [0.15, 0.2) is 73.1 Å². The SMILES string of the molecule is COC(=O)c1ccc(CN2[C@H](C)CN(Cc3ccccc3-c3cccnc3)C[C@@H]2C)cc1. The molecule has 0 amide bonds. The molecule has 166 valence electrons. The number of rotatable bonds is 6. The van der Waals surface area contributed by atoms with Crippen molar-refractivity contribution in [3.8, 4) is 11.1 Å². The second kappa shape index (κ2) is 10.1. The van der Waals surface area contributed by atoms with Gasteiger partial charge in [-0.15, -0.1) is 0 Å². The van der Waals surface area contributed by atoms with Gasteiger partial charge in [0.15, 0.2) is 0 Å². The second-order valence-electron chi connectivity index (χ2n) is 8.65. The molecular formula is C27H31N3O2. The number of ether oxygens (including phenoxy) is 1. The van der Waals surface area contributed by atoms with E-state index in [1.807, 2.05) is 42.7 Å². The van der Waals surface area contributed by atoms with Gasteiger partial charge in [-0.1, -0.05) is 42.5 Å². The Hall–Kier alpha value is -3.02. The number of piperazine rings is 1. The Morgan fingerprint density at radius 3 is 2.34 bits per heavy atom. The minimum Gasteiger partial charge on any atom is -0.465 e. The van der Waals surface area contributed by atoms with Gasteiger partial charge in [-0.3, -0.25) is 14.8 Å². The minimum atomic E-state index is -0.293. The molecule has 0 bridgehead atoms. The minimum absolute atomic E-state index is 0.293. The first kappa shape index (κ1) is 22.2. The molecule has 5 heteroatoms. The van der Waals surface area contributed by atoms with Crippen molar-refractivity contribution in [2.75, 3.05) is 20.2 Å². The Kier molecular flexibility index (Phi) is 6.98. The van der Waals surface area contributed by atoms with Gasteiger partial charge in [0.2, 0.25) is 0 Å². The summed E-state index contributed by atoms with van der Waals surface area (Å²) in [4.78, 5) is 21.1. The van der Waals surface area contributed by atoms with E-state index < -0.39 is 0 Å². The molecule has 2 atom stereocenters. The third-order valence-corrected chi connectivity index (χ3v) is 6.30. The number of aromatic nitrogens is 1. The lowest BCUT2D eigenvalue weighted by Gasteiger charge is -2.44. The summed E-state index contributed by atoms with van der Waals surface area (Å²) < 4.78 is 4.80. The van der Waals surface area contributed by atoms with E-state index >= 15 is 0 Å². The standard InChI is InChI=1S/C27H31N3O2/c1-20-16-29(19-25-7-4-5-9-26(25)24-8-6-14-28-15-24)17-21(2)30(20)18-22-10-12-23(13-11-22)27(31)32-3/h4-15,20-21H,16-19H2,1-3H3/t20-,21+. The maximum atomic E-state index is 11.7. The first-order chi connectivity index (χ1) is 15.5. The van der Waals surface area contributed by atoms with E-state index in [0.717, 1.165) is 26.2 Å². The van der Waals surface area contributed by atoms with Gasteiger partial charge in [0.05, 0.1) is 12.7 Å². The molecule has 0 aliphatic carbocycles. The number of pyridine rings is 1. The maximum Gasteiger partial charge on any atom is 0.337 e. The fourth-order valence-corrected chi connectivity index (χ4v) is 4.68. The fraction of sp³-hybridized carbons (Fsp3) is 0.333. The van der Waals surface area contributed by atoms with Crippen molar-refractivity contribution in [3.05, 3.63) is 89.7 Å². The van der Waals surface area contributed by atoms with Crippen LogP contribution < -0.4 is 0 Å². The highest BCUT2D eigenvalue weighted by Crippen LogP contribution is 2.26. The summed E-state index contributed by atoms with van der Waals surface area (Å²) in [6.07, 6.45) is 3.76. The van der Waals surface area contributed by atoms with E-state index in [2.05, 4.69) is 59.0 Å². The van der Waals surface area contributed by atoms with E-state index in [4.69, 9.17) is 4.74 Å². The molecule has 1 aliphatic rings. The van der Waals surface area contributed by atoms with Gasteiger partial charge in [0, 0.05) is 56.2 Å². The normalized spacial score (nSPS) is 19.6. The van der Waals surface area contributed by atoms with Crippen LogP contribution in [0.1, 0.15) is 35.3 Å². The molecule has 0 saturated carbocycles. The van der Waals surface area contributed by atoms with Crippen LogP contribution in [0.2, 0.25) is 0 Å². The monoisotopic (exact) mass is 429 g/mol. The average molecular weight is 430 g/mol. The van der Waals surface area contributed by atoms with Crippen LogP contribution in [-0.4, -0.2) is 53.0 Å². The Balaban J connectivity index is 1.42. The van der Waals surface area contributed by atoms with Gasteiger partial charge in [-0.05, 0) is 48.7 Å². The Morgan fingerprint density at radius 1 is 0.969 bits per heavy atom. The number of esters is 1. The van der Waals surface area contributed by atoms with Gasteiger partial charge in [-0.2, -0.15) is 0 Å². The number of benzene rings is 2. The average Bonchev–Trinajstić information content (AvgIpc) is 2.82. The molecule has 0 unspecified atom stereocenters. The van der Waals surface area contributed by atoms with Gasteiger partial charge in [-0.25, -0.2) is 4.79 Å². The number of methoxy groups -OCH3 is 1. The summed E-state index contributed by atoms with van der Waals surface area (Å²) in [5, 5.41) is 0. The van der Waals surface area contributed by atoms with E-state index in [0.29, 0.717) is 17.6 Å². The lowest BCUT2D eigenvalue weighted by Crippen LogP contribution is -2.55. The molecule has 0 radical (unpaired) electrons. The molecule has 2 aromatic carbocycles. The molecule has 5 nitrogen and oxygen atoms in total. The Morgan fingerprint density at radius 2 is 1.69 bits per heavy atom. The van der Waals surface area contributed by atoms with Crippen molar-refractivity contribution in [3.63, 3.8) is 0 Å². The summed E-state index contributed by atoms with van der Waals surface area (Å²) in [6.45, 7) is 8.46. The zero-order valence-electron chi connectivity index (χ0n) is 19.1. The van der Waals surface area contributed by atoms with Crippen molar-refractivity contribution < 1.29 is 9.53 Å². The lowest BCUT2D eigenvalue weighted by molar-refractivity contribution is 0.0291. The molecule has 0 spiro atoms. The Bertz CT molecular complexity index is 1020. The van der Waals surface area contributed by atoms with Crippen molar-refractivity contribution in [1.29, 1.82) is 0 Å². The summed E-state index contributed by atoms with van der Waals surface area (Å²) in [5.74, 6) is -0.293. The Labute approximate surface area is 190 Å². The van der Waals surface area contributed by atoms with Crippen LogP contribution in [0.3, 0.4) is 0 Å². The number of carbonyl (C=O) groups is 1. The maximum absolute atomic E-state index is 11.7. The first-order valence-corrected chi connectivity index (χ1v) is 11.2. The smallest absolute Gasteiger partial charge is 0.337 e. The van der Waals surface area contributed by atoms with E-state index in [9.17, 15) is 4.79 Å². The van der Waals surface area contributed by atoms with Crippen molar-refractivity contribution in [1.82, 2.24) is 14.8 Å². The molecule has 1 saturated heterocycles. The molecule has 2 heterocycles. The molecule has 1 aromatic heterocycles. The molecule has 1 fully saturated rings. The van der Waals surface area contributed by atoms with Crippen LogP contribution in [-0.2, 0) is 17.8 Å². The molecule has 1 aliphatic heterocycles. The lowest BCUT2D eigenvalue weighted by atomic mass is 9.99. The largest absolute Gasteiger partial charge is 0.465 e. The van der Waals surface area contributed by atoms with E-state index in [1.54, 1.807) is 0 Å². The topological polar surface area (TPSA) is 45.7 Å². The molecule has 4 rings (SSSR count). The second-order valence-corrected chi connectivity index (χ2v) is 8.65. The zero-order chi connectivity index (χ0) is 22.5. The van der Waals surface area contributed by atoms with Crippen molar-refractivity contribution in [2.45, 2.75) is 39.0 Å². The third kappa shape index (κ3) is 5.06. The van der Waals surface area contributed by atoms with Crippen LogP contribution in [0.4, 0.5) is 0 Å². The highest BCUT2D eigenvalue weighted by molar-refractivity contribution is 5.89. The summed E-state index contributed by atoms with van der Waals surface area (Å²) in [5.41, 5.74) is 5.57. The van der Waals surface area contributed by atoms with Gasteiger partial charge in [0.1, 0.15) is 0 Å². The number of nitrogens with zero attached hydrogens (tertiary/aromatic N) is 3. The predicted molar refractivity (Wildman–Crippen MR) is 127 cm³/mol. The van der Waals surface area contributed by atoms with Gasteiger partial charge in [0.25, 0.3) is 0 Å². The number of hydrogen-bond acceptors (Lipinski definition) is 5. The third-order valence-electron chi connectivity index (χ3n) is 6.30. The predicted octanol–water partition coefficient (Wildman–Crippen LogP) is 4.63.